The van der Waals surface area contributed by atoms with Crippen molar-refractivity contribution in [3.8, 4) is 22.8 Å². The summed E-state index contributed by atoms with van der Waals surface area (Å²) < 4.78 is 51.7. The van der Waals surface area contributed by atoms with Gasteiger partial charge in [-0.3, -0.25) is 4.79 Å². The predicted octanol–water partition coefficient (Wildman–Crippen LogP) is 4.72. The van der Waals surface area contributed by atoms with Gasteiger partial charge in [-0.15, -0.1) is 0 Å². The Balaban J connectivity index is 1.38. The van der Waals surface area contributed by atoms with Crippen LogP contribution in [-0.4, -0.2) is 31.2 Å². The van der Waals surface area contributed by atoms with Gasteiger partial charge < -0.3 is 9.47 Å². The Hall–Kier alpha value is -3.46. The molecule has 0 unspecified atom stereocenters. The largest absolute Gasteiger partial charge is 0.489 e. The number of ether oxygens (including phenoxy) is 2. The number of nitrogens with zero attached hydrogens (tertiary/aromatic N) is 1. The number of carbonyl (C=O) groups excluding carboxylic acids is 1. The molecule has 1 aromatic heterocycles. The zero-order chi connectivity index (χ0) is 25.0. The Morgan fingerprint density at radius 1 is 1.09 bits per heavy atom. The van der Waals surface area contributed by atoms with E-state index in [1.807, 2.05) is 35.1 Å². The van der Waals surface area contributed by atoms with Crippen LogP contribution in [0, 0.1) is 11.7 Å². The maximum absolute atomic E-state index is 14.6. The van der Waals surface area contributed by atoms with Crippen LogP contribution in [0.1, 0.15) is 42.6 Å². The Bertz CT molecular complexity index is 1310. The molecule has 9 heteroatoms. The van der Waals surface area contributed by atoms with E-state index in [0.717, 1.165) is 17.2 Å². The van der Waals surface area contributed by atoms with Crippen LogP contribution in [0.2, 0.25) is 0 Å². The van der Waals surface area contributed by atoms with Gasteiger partial charge in [0.05, 0.1) is 11.9 Å². The number of carbonyl (C=O) groups is 1. The third-order valence-electron chi connectivity index (χ3n) is 5.63. The fourth-order valence-electron chi connectivity index (χ4n) is 3.16. The summed E-state index contributed by atoms with van der Waals surface area (Å²) in [5, 5.41) is -0.783. The first-order valence-electron chi connectivity index (χ1n) is 11.4. The van der Waals surface area contributed by atoms with Gasteiger partial charge >= 0.3 is 0 Å². The first-order valence-corrected chi connectivity index (χ1v) is 12.9. The molecule has 1 fully saturated rings. The lowest BCUT2D eigenvalue weighted by atomic mass is 10.1. The summed E-state index contributed by atoms with van der Waals surface area (Å²) in [5.74, 6) is 0.255. The molecule has 0 aliphatic heterocycles. The highest BCUT2D eigenvalue weighted by atomic mass is 32.2. The zero-order valence-electron chi connectivity index (χ0n) is 19.5. The van der Waals surface area contributed by atoms with Crippen LogP contribution < -0.4 is 14.2 Å². The van der Waals surface area contributed by atoms with Gasteiger partial charge in [0.15, 0.2) is 0 Å². The highest BCUT2D eigenvalue weighted by Gasteiger charge is 2.22. The number of nitrogens with one attached hydrogen (secondary N) is 1. The van der Waals surface area contributed by atoms with Crippen molar-refractivity contribution in [1.82, 2.24) is 9.71 Å². The normalized spacial score (nSPS) is 13.5. The van der Waals surface area contributed by atoms with Crippen molar-refractivity contribution in [2.24, 2.45) is 5.92 Å². The summed E-state index contributed by atoms with van der Waals surface area (Å²) in [6.07, 6.45) is 4.18. The molecule has 1 saturated carbocycles. The molecule has 184 valence electrons. The molecule has 1 amide bonds. The van der Waals surface area contributed by atoms with Crippen LogP contribution in [0.4, 0.5) is 4.39 Å². The summed E-state index contributed by atoms with van der Waals surface area (Å²) in [6.45, 7) is 3.53. The molecule has 3 aromatic rings. The molecule has 0 saturated heterocycles. The molecule has 1 aliphatic carbocycles. The Morgan fingerprint density at radius 2 is 1.89 bits per heavy atom. The number of sulfonamides is 1. The predicted molar refractivity (Wildman–Crippen MR) is 130 cm³/mol. The summed E-state index contributed by atoms with van der Waals surface area (Å²) in [6, 6.07) is 14.9. The number of halogens is 1. The number of amides is 1. The van der Waals surface area contributed by atoms with Gasteiger partial charge in [0.25, 0.3) is 5.91 Å². The van der Waals surface area contributed by atoms with E-state index in [1.54, 1.807) is 12.3 Å². The summed E-state index contributed by atoms with van der Waals surface area (Å²) in [5.41, 5.74) is 1.93. The minimum atomic E-state index is -3.81. The Kier molecular flexibility index (Phi) is 7.35. The van der Waals surface area contributed by atoms with Crippen molar-refractivity contribution < 1.29 is 27.1 Å². The van der Waals surface area contributed by atoms with E-state index in [-0.39, 0.29) is 17.7 Å². The molecule has 0 atom stereocenters. The van der Waals surface area contributed by atoms with E-state index in [2.05, 4.69) is 4.98 Å². The second-order valence-electron chi connectivity index (χ2n) is 8.79. The third kappa shape index (κ3) is 6.57. The van der Waals surface area contributed by atoms with E-state index >= 15 is 0 Å². The topological polar surface area (TPSA) is 94.6 Å². The van der Waals surface area contributed by atoms with Crippen LogP contribution in [0.5, 0.6) is 11.6 Å². The van der Waals surface area contributed by atoms with Crippen LogP contribution in [0.25, 0.3) is 11.1 Å². The third-order valence-corrected chi connectivity index (χ3v) is 7.34. The highest BCUT2D eigenvalue weighted by molar-refractivity contribution is 7.90. The minimum Gasteiger partial charge on any atom is -0.489 e. The number of aromatic nitrogens is 1. The second kappa shape index (κ2) is 10.4. The van der Waals surface area contributed by atoms with Crippen molar-refractivity contribution in [3.63, 3.8) is 0 Å². The van der Waals surface area contributed by atoms with Gasteiger partial charge in [0.1, 0.15) is 18.2 Å². The molecule has 1 N–H and O–H groups in total. The highest BCUT2D eigenvalue weighted by Crippen LogP contribution is 2.30. The number of pyridine rings is 1. The maximum atomic E-state index is 14.6. The SMILES string of the molecule is CC(C)S(=O)(=O)NC(=O)c1ccc(COc2cccc(-c3ccc(OCC4CC4)nc3)c2)c(F)c1. The first-order chi connectivity index (χ1) is 16.7. The molecule has 0 spiro atoms. The van der Waals surface area contributed by atoms with Crippen molar-refractivity contribution >= 4 is 15.9 Å². The van der Waals surface area contributed by atoms with Crippen LogP contribution in [0.3, 0.4) is 0 Å². The van der Waals surface area contributed by atoms with Gasteiger partial charge in [-0.25, -0.2) is 22.5 Å². The maximum Gasteiger partial charge on any atom is 0.264 e. The fourth-order valence-corrected chi connectivity index (χ4v) is 3.77. The van der Waals surface area contributed by atoms with Crippen molar-refractivity contribution in [1.29, 1.82) is 0 Å². The molecule has 2 aromatic carbocycles. The lowest BCUT2D eigenvalue weighted by molar-refractivity contribution is 0.0980. The van der Waals surface area contributed by atoms with Gasteiger partial charge in [-0.2, -0.15) is 0 Å². The van der Waals surface area contributed by atoms with Crippen molar-refractivity contribution in [2.45, 2.75) is 38.5 Å². The van der Waals surface area contributed by atoms with Gasteiger partial charge in [0, 0.05) is 29.0 Å². The molecular formula is C26H27FN2O5S. The molecule has 35 heavy (non-hydrogen) atoms. The zero-order valence-corrected chi connectivity index (χ0v) is 20.3. The summed E-state index contributed by atoms with van der Waals surface area (Å²) >= 11 is 0. The Morgan fingerprint density at radius 3 is 2.54 bits per heavy atom. The van der Waals surface area contributed by atoms with E-state index < -0.39 is 27.0 Å². The van der Waals surface area contributed by atoms with E-state index in [0.29, 0.717) is 24.2 Å². The van der Waals surface area contributed by atoms with Gasteiger partial charge in [-0.05, 0) is 68.5 Å². The summed E-state index contributed by atoms with van der Waals surface area (Å²) in [4.78, 5) is 16.5. The van der Waals surface area contributed by atoms with Gasteiger partial charge in [0.2, 0.25) is 15.9 Å². The van der Waals surface area contributed by atoms with E-state index in [1.165, 1.54) is 38.8 Å². The molecule has 0 bridgehead atoms. The number of hydrogen-bond donors (Lipinski definition) is 1. The minimum absolute atomic E-state index is 0.0618. The van der Waals surface area contributed by atoms with Crippen LogP contribution in [0.15, 0.2) is 60.8 Å². The number of rotatable bonds is 10. The van der Waals surface area contributed by atoms with Crippen LogP contribution >= 0.6 is 0 Å². The molecular weight excluding hydrogens is 471 g/mol. The number of benzene rings is 2. The lowest BCUT2D eigenvalue weighted by Gasteiger charge is -2.11. The molecule has 4 rings (SSSR count). The molecule has 1 heterocycles. The van der Waals surface area contributed by atoms with Crippen molar-refractivity contribution in [3.05, 3.63) is 77.7 Å². The summed E-state index contributed by atoms with van der Waals surface area (Å²) in [7, 11) is -3.81. The van der Waals surface area contributed by atoms with Crippen molar-refractivity contribution in [2.75, 3.05) is 6.61 Å². The molecule has 1 aliphatic rings. The quantitative estimate of drug-likeness (QED) is 0.435. The van der Waals surface area contributed by atoms with E-state index in [4.69, 9.17) is 9.47 Å². The van der Waals surface area contributed by atoms with Crippen LogP contribution in [-0.2, 0) is 16.6 Å². The first kappa shape index (κ1) is 24.7. The standard InChI is InChI=1S/C26H27FN2O5S/c1-17(2)35(31,32)29-26(30)20-8-9-22(24(27)13-20)16-33-23-5-3-4-19(12-23)21-10-11-25(28-14-21)34-15-18-6-7-18/h3-5,8-14,17-18H,6-7,15-16H2,1-2H3,(H,29,30). The number of hydrogen-bond acceptors (Lipinski definition) is 6. The molecule has 7 nitrogen and oxygen atoms in total. The lowest BCUT2D eigenvalue weighted by Crippen LogP contribution is -2.35. The Labute approximate surface area is 204 Å². The second-order valence-corrected chi connectivity index (χ2v) is 11.0. The monoisotopic (exact) mass is 498 g/mol. The average molecular weight is 499 g/mol. The average Bonchev–Trinajstić information content (AvgIpc) is 3.67. The smallest absolute Gasteiger partial charge is 0.264 e. The van der Waals surface area contributed by atoms with E-state index in [9.17, 15) is 17.6 Å². The fraction of sp³-hybridized carbons (Fsp3) is 0.308. The van der Waals surface area contributed by atoms with Gasteiger partial charge in [-0.1, -0.05) is 18.2 Å². The molecule has 0 radical (unpaired) electrons.